The van der Waals surface area contributed by atoms with Gasteiger partial charge in [0.05, 0.1) is 0 Å². The van der Waals surface area contributed by atoms with Gasteiger partial charge in [0.1, 0.15) is 11.9 Å². The SMILES string of the molecule is C1=CC2Oc3ccccc3CC2C=N1. The van der Waals surface area contributed by atoms with Crippen LogP contribution in [0.4, 0.5) is 0 Å². The number of aliphatic imine (C=N–C) groups is 1. The van der Waals surface area contributed by atoms with Crippen LogP contribution >= 0.6 is 0 Å². The Hall–Kier alpha value is -1.57. The Morgan fingerprint density at radius 2 is 2.21 bits per heavy atom. The molecule has 2 heteroatoms. The average Bonchev–Trinajstić information content (AvgIpc) is 2.26. The third kappa shape index (κ3) is 1.15. The molecular weight excluding hydrogens is 174 g/mol. The van der Waals surface area contributed by atoms with Crippen molar-refractivity contribution in [3.05, 3.63) is 42.1 Å². The Morgan fingerprint density at radius 1 is 1.29 bits per heavy atom. The van der Waals surface area contributed by atoms with Gasteiger partial charge in [-0.25, -0.2) is 0 Å². The lowest BCUT2D eigenvalue weighted by molar-refractivity contribution is 0.189. The van der Waals surface area contributed by atoms with Gasteiger partial charge in [0, 0.05) is 18.3 Å². The Kier molecular flexibility index (Phi) is 1.66. The van der Waals surface area contributed by atoms with Crippen LogP contribution in [0.1, 0.15) is 5.56 Å². The minimum atomic E-state index is 0.183. The van der Waals surface area contributed by atoms with E-state index < -0.39 is 0 Å². The first-order chi connectivity index (χ1) is 6.93. The minimum Gasteiger partial charge on any atom is -0.485 e. The van der Waals surface area contributed by atoms with E-state index in [1.165, 1.54) is 5.56 Å². The van der Waals surface area contributed by atoms with Crippen LogP contribution in [0.2, 0.25) is 0 Å². The highest BCUT2D eigenvalue weighted by Crippen LogP contribution is 2.31. The number of hydrogen-bond donors (Lipinski definition) is 0. The number of hydrogen-bond acceptors (Lipinski definition) is 2. The van der Waals surface area contributed by atoms with Crippen molar-refractivity contribution in [2.45, 2.75) is 12.5 Å². The molecule has 0 aromatic heterocycles. The van der Waals surface area contributed by atoms with Crippen molar-refractivity contribution in [2.24, 2.45) is 10.9 Å². The second-order valence-electron chi connectivity index (χ2n) is 3.70. The topological polar surface area (TPSA) is 21.6 Å². The molecule has 0 spiro atoms. The molecule has 14 heavy (non-hydrogen) atoms. The lowest BCUT2D eigenvalue weighted by Gasteiger charge is -2.30. The summed E-state index contributed by atoms with van der Waals surface area (Å²) in [6.45, 7) is 0. The maximum absolute atomic E-state index is 5.86. The second-order valence-corrected chi connectivity index (χ2v) is 3.70. The molecule has 0 saturated carbocycles. The summed E-state index contributed by atoms with van der Waals surface area (Å²) in [6, 6.07) is 8.22. The predicted molar refractivity (Wildman–Crippen MR) is 55.7 cm³/mol. The number of nitrogens with zero attached hydrogens (tertiary/aromatic N) is 1. The van der Waals surface area contributed by atoms with Gasteiger partial charge in [-0.2, -0.15) is 0 Å². The monoisotopic (exact) mass is 185 g/mol. The molecule has 70 valence electrons. The summed E-state index contributed by atoms with van der Waals surface area (Å²) < 4.78 is 5.86. The summed E-state index contributed by atoms with van der Waals surface area (Å²) in [4.78, 5) is 4.15. The van der Waals surface area contributed by atoms with Gasteiger partial charge in [-0.3, -0.25) is 4.99 Å². The molecule has 3 rings (SSSR count). The van der Waals surface area contributed by atoms with E-state index in [0.717, 1.165) is 12.2 Å². The van der Waals surface area contributed by atoms with Crippen LogP contribution in [0.5, 0.6) is 5.75 Å². The van der Waals surface area contributed by atoms with Gasteiger partial charge in [0.25, 0.3) is 0 Å². The Bertz CT molecular complexity index is 370. The molecular formula is C12H11NO. The van der Waals surface area contributed by atoms with Crippen LogP contribution in [0.25, 0.3) is 0 Å². The zero-order valence-electron chi connectivity index (χ0n) is 7.76. The van der Waals surface area contributed by atoms with Crippen molar-refractivity contribution in [3.63, 3.8) is 0 Å². The zero-order valence-corrected chi connectivity index (χ0v) is 7.76. The average molecular weight is 185 g/mol. The molecule has 0 saturated heterocycles. The van der Waals surface area contributed by atoms with E-state index in [1.807, 2.05) is 30.6 Å². The lowest BCUT2D eigenvalue weighted by atomic mass is 9.90. The Morgan fingerprint density at radius 3 is 3.21 bits per heavy atom. The van der Waals surface area contributed by atoms with E-state index in [9.17, 15) is 0 Å². The maximum Gasteiger partial charge on any atom is 0.127 e. The quantitative estimate of drug-likeness (QED) is 0.607. The number of rotatable bonds is 0. The summed E-state index contributed by atoms with van der Waals surface area (Å²) in [5.74, 6) is 1.43. The first-order valence-corrected chi connectivity index (χ1v) is 4.88. The van der Waals surface area contributed by atoms with Crippen LogP contribution in [-0.4, -0.2) is 12.3 Å². The summed E-state index contributed by atoms with van der Waals surface area (Å²) in [5.41, 5.74) is 1.29. The number of ether oxygens (including phenoxy) is 1. The van der Waals surface area contributed by atoms with Gasteiger partial charge in [0.15, 0.2) is 0 Å². The molecule has 2 aliphatic heterocycles. The van der Waals surface area contributed by atoms with Gasteiger partial charge in [-0.05, 0) is 24.1 Å². The first kappa shape index (κ1) is 7.80. The predicted octanol–water partition coefficient (Wildman–Crippen LogP) is 2.20. The molecule has 2 heterocycles. The van der Waals surface area contributed by atoms with E-state index in [4.69, 9.17) is 4.74 Å². The van der Waals surface area contributed by atoms with Gasteiger partial charge in [-0.1, -0.05) is 18.2 Å². The van der Waals surface area contributed by atoms with Crippen LogP contribution in [0.3, 0.4) is 0 Å². The zero-order chi connectivity index (χ0) is 9.38. The van der Waals surface area contributed by atoms with Crippen molar-refractivity contribution < 1.29 is 4.74 Å². The van der Waals surface area contributed by atoms with E-state index >= 15 is 0 Å². The number of benzene rings is 1. The van der Waals surface area contributed by atoms with E-state index in [2.05, 4.69) is 17.1 Å². The van der Waals surface area contributed by atoms with Crippen LogP contribution in [0.15, 0.2) is 41.5 Å². The van der Waals surface area contributed by atoms with Crippen molar-refractivity contribution in [3.8, 4) is 5.75 Å². The number of fused-ring (bicyclic) bond motifs is 2. The van der Waals surface area contributed by atoms with Crippen LogP contribution < -0.4 is 4.74 Å². The largest absolute Gasteiger partial charge is 0.485 e. The van der Waals surface area contributed by atoms with Gasteiger partial charge >= 0.3 is 0 Å². The van der Waals surface area contributed by atoms with E-state index in [-0.39, 0.29) is 6.10 Å². The molecule has 0 bridgehead atoms. The van der Waals surface area contributed by atoms with Crippen molar-refractivity contribution in [1.29, 1.82) is 0 Å². The molecule has 2 aliphatic rings. The molecule has 0 aliphatic carbocycles. The maximum atomic E-state index is 5.86. The van der Waals surface area contributed by atoms with Crippen LogP contribution in [0, 0.1) is 5.92 Å². The third-order valence-corrected chi connectivity index (χ3v) is 2.75. The number of para-hydroxylation sites is 1. The molecule has 2 nitrogen and oxygen atoms in total. The van der Waals surface area contributed by atoms with Crippen LogP contribution in [-0.2, 0) is 6.42 Å². The molecule has 0 amide bonds. The summed E-state index contributed by atoms with van der Waals surface area (Å²) in [7, 11) is 0. The molecule has 0 fully saturated rings. The summed E-state index contributed by atoms with van der Waals surface area (Å²) in [6.07, 6.45) is 7.05. The van der Waals surface area contributed by atoms with E-state index in [0.29, 0.717) is 5.92 Å². The fourth-order valence-electron chi connectivity index (χ4n) is 2.01. The standard InChI is InChI=1S/C12H11NO/c1-2-4-11-9(3-1)7-10-8-13-6-5-12(10)14-11/h1-6,8,10,12H,7H2. The fourth-order valence-corrected chi connectivity index (χ4v) is 2.01. The Balaban J connectivity index is 2.00. The molecule has 1 aromatic rings. The highest BCUT2D eigenvalue weighted by molar-refractivity contribution is 5.66. The van der Waals surface area contributed by atoms with Crippen molar-refractivity contribution >= 4 is 6.21 Å². The van der Waals surface area contributed by atoms with Gasteiger partial charge < -0.3 is 4.74 Å². The summed E-state index contributed by atoms with van der Waals surface area (Å²) >= 11 is 0. The third-order valence-electron chi connectivity index (χ3n) is 2.75. The highest BCUT2D eigenvalue weighted by atomic mass is 16.5. The highest BCUT2D eigenvalue weighted by Gasteiger charge is 2.27. The minimum absolute atomic E-state index is 0.183. The molecule has 1 aromatic carbocycles. The van der Waals surface area contributed by atoms with E-state index in [1.54, 1.807) is 0 Å². The Labute approximate surface area is 82.9 Å². The smallest absolute Gasteiger partial charge is 0.127 e. The van der Waals surface area contributed by atoms with Crippen molar-refractivity contribution in [2.75, 3.05) is 0 Å². The molecule has 2 atom stereocenters. The molecule has 2 unspecified atom stereocenters. The molecule has 0 N–H and O–H groups in total. The first-order valence-electron chi connectivity index (χ1n) is 4.88. The second kappa shape index (κ2) is 2.98. The van der Waals surface area contributed by atoms with Crippen molar-refractivity contribution in [1.82, 2.24) is 0 Å². The normalized spacial score (nSPS) is 27.7. The van der Waals surface area contributed by atoms with Gasteiger partial charge in [-0.15, -0.1) is 0 Å². The van der Waals surface area contributed by atoms with Gasteiger partial charge in [0.2, 0.25) is 0 Å². The summed E-state index contributed by atoms with van der Waals surface area (Å²) in [5, 5.41) is 0. The lowest BCUT2D eigenvalue weighted by Crippen LogP contribution is -2.33. The molecule has 0 radical (unpaired) electrons. The fraction of sp³-hybridized carbons (Fsp3) is 0.250.